The fourth-order valence-electron chi connectivity index (χ4n) is 3.67. The third kappa shape index (κ3) is 5.39. The van der Waals surface area contributed by atoms with E-state index in [2.05, 4.69) is 15.3 Å². The normalized spacial score (nSPS) is 10.6. The van der Waals surface area contributed by atoms with Crippen LogP contribution in [-0.4, -0.2) is 32.8 Å². The van der Waals surface area contributed by atoms with Crippen molar-refractivity contribution in [3.63, 3.8) is 0 Å². The molecule has 0 bridgehead atoms. The molecule has 178 valence electrons. The molecule has 36 heavy (non-hydrogen) atoms. The van der Waals surface area contributed by atoms with Crippen LogP contribution in [0, 0.1) is 0 Å². The molecular formula is C28H23N5O3. The molecule has 3 aromatic carbocycles. The predicted molar refractivity (Wildman–Crippen MR) is 136 cm³/mol. The first kappa shape index (κ1) is 22.8. The highest BCUT2D eigenvalue weighted by atomic mass is 16.5. The maximum Gasteiger partial charge on any atom is 0.321 e. The number of hydrogen-bond donors (Lipinski definition) is 1. The molecule has 0 saturated carbocycles. The van der Waals surface area contributed by atoms with E-state index in [9.17, 15) is 4.79 Å². The molecule has 8 heteroatoms. The largest absolute Gasteiger partial charge is 0.497 e. The van der Waals surface area contributed by atoms with Crippen molar-refractivity contribution in [1.29, 1.82) is 0 Å². The van der Waals surface area contributed by atoms with Crippen LogP contribution >= 0.6 is 0 Å². The van der Waals surface area contributed by atoms with E-state index in [4.69, 9.17) is 14.6 Å². The Morgan fingerprint density at radius 1 is 0.889 bits per heavy atom. The number of aromatic nitrogens is 4. The Bertz CT molecular complexity index is 1450. The summed E-state index contributed by atoms with van der Waals surface area (Å²) in [5.74, 6) is 0.980. The highest BCUT2D eigenvalue weighted by Gasteiger charge is 2.19. The van der Waals surface area contributed by atoms with Crippen LogP contribution < -0.4 is 14.8 Å². The third-order valence-electron chi connectivity index (χ3n) is 5.40. The lowest BCUT2D eigenvalue weighted by molar-refractivity contribution is 0.102. The minimum Gasteiger partial charge on any atom is -0.497 e. The average molecular weight is 478 g/mol. The minimum atomic E-state index is -0.271. The van der Waals surface area contributed by atoms with Gasteiger partial charge < -0.3 is 14.8 Å². The van der Waals surface area contributed by atoms with Crippen LogP contribution in [0.5, 0.6) is 17.5 Å². The minimum absolute atomic E-state index is 0.253. The fourth-order valence-corrected chi connectivity index (χ4v) is 3.67. The summed E-state index contributed by atoms with van der Waals surface area (Å²) in [6.45, 7) is 0.540. The molecule has 0 aliphatic heterocycles. The first-order chi connectivity index (χ1) is 17.7. The number of methoxy groups -OCH3 is 1. The topological polar surface area (TPSA) is 91.2 Å². The van der Waals surface area contributed by atoms with Crippen molar-refractivity contribution in [3.8, 4) is 28.8 Å². The number of benzene rings is 3. The summed E-state index contributed by atoms with van der Waals surface area (Å²) in [5, 5.41) is 7.70. The molecular weight excluding hydrogens is 454 g/mol. The molecule has 0 unspecified atom stereocenters. The Kier molecular flexibility index (Phi) is 6.66. The molecule has 0 fully saturated rings. The summed E-state index contributed by atoms with van der Waals surface area (Å²) in [6.07, 6.45) is 4.98. The van der Waals surface area contributed by atoms with Crippen LogP contribution in [0.15, 0.2) is 104 Å². The number of nitrogens with zero attached hydrogens (tertiary/aromatic N) is 4. The molecule has 5 rings (SSSR count). The van der Waals surface area contributed by atoms with Gasteiger partial charge in [-0.2, -0.15) is 5.10 Å². The number of amides is 1. The maximum absolute atomic E-state index is 13.4. The van der Waals surface area contributed by atoms with Crippen molar-refractivity contribution < 1.29 is 14.3 Å². The van der Waals surface area contributed by atoms with Gasteiger partial charge in [-0.1, -0.05) is 42.5 Å². The summed E-state index contributed by atoms with van der Waals surface area (Å²) in [4.78, 5) is 21.5. The molecule has 1 amide bonds. The van der Waals surface area contributed by atoms with Gasteiger partial charge in [-0.3, -0.25) is 9.48 Å². The highest BCUT2D eigenvalue weighted by molar-refractivity contribution is 6.08. The molecule has 0 aliphatic rings. The van der Waals surface area contributed by atoms with Gasteiger partial charge in [0, 0.05) is 29.8 Å². The lowest BCUT2D eigenvalue weighted by atomic mass is 10.1. The van der Waals surface area contributed by atoms with Crippen molar-refractivity contribution in [1.82, 2.24) is 19.7 Å². The Balaban J connectivity index is 1.39. The maximum atomic E-state index is 13.4. The highest BCUT2D eigenvalue weighted by Crippen LogP contribution is 2.27. The number of hydrogen-bond acceptors (Lipinski definition) is 6. The van der Waals surface area contributed by atoms with E-state index >= 15 is 0 Å². The van der Waals surface area contributed by atoms with Crippen molar-refractivity contribution in [3.05, 3.63) is 115 Å². The van der Waals surface area contributed by atoms with E-state index < -0.39 is 0 Å². The predicted octanol–water partition coefficient (Wildman–Crippen LogP) is 5.44. The number of anilines is 1. The van der Waals surface area contributed by atoms with Crippen molar-refractivity contribution in [2.45, 2.75) is 6.54 Å². The Hall–Kier alpha value is -4.98. The van der Waals surface area contributed by atoms with E-state index in [1.54, 1.807) is 60.7 Å². The zero-order chi connectivity index (χ0) is 24.7. The molecule has 2 heterocycles. The summed E-state index contributed by atoms with van der Waals surface area (Å²) in [7, 11) is 1.61. The summed E-state index contributed by atoms with van der Waals surface area (Å²) >= 11 is 0. The summed E-state index contributed by atoms with van der Waals surface area (Å²) in [5.41, 5.74) is 3.52. The second-order valence-electron chi connectivity index (χ2n) is 7.92. The Labute approximate surface area is 208 Å². The average Bonchev–Trinajstić information content (AvgIpc) is 3.35. The monoisotopic (exact) mass is 477 g/mol. The van der Waals surface area contributed by atoms with E-state index in [0.717, 1.165) is 11.1 Å². The van der Waals surface area contributed by atoms with Gasteiger partial charge in [0.15, 0.2) is 0 Å². The van der Waals surface area contributed by atoms with Crippen LogP contribution in [0.3, 0.4) is 0 Å². The SMILES string of the molecule is COc1cccc(-c2nn(Cc3ccccc3)cc2C(=O)Nc2ccc(Oc3ncccn3)cc2)c1. The van der Waals surface area contributed by atoms with E-state index in [0.29, 0.717) is 35.0 Å². The Morgan fingerprint density at radius 2 is 1.67 bits per heavy atom. The number of nitrogens with one attached hydrogen (secondary N) is 1. The van der Waals surface area contributed by atoms with Gasteiger partial charge in [0.2, 0.25) is 0 Å². The summed E-state index contributed by atoms with van der Waals surface area (Å²) < 4.78 is 12.8. The van der Waals surface area contributed by atoms with Crippen LogP contribution in [0.1, 0.15) is 15.9 Å². The molecule has 0 spiro atoms. The standard InChI is InChI=1S/C28H23N5O3/c1-35-24-10-5-9-21(17-24)26-25(19-33(32-26)18-20-7-3-2-4-8-20)27(34)31-22-11-13-23(14-12-22)36-28-29-15-6-16-30-28/h2-17,19H,18H2,1H3,(H,31,34). The third-order valence-corrected chi connectivity index (χ3v) is 5.40. The first-order valence-electron chi connectivity index (χ1n) is 11.3. The molecule has 0 radical (unpaired) electrons. The van der Waals surface area contributed by atoms with Gasteiger partial charge in [-0.25, -0.2) is 9.97 Å². The second kappa shape index (κ2) is 10.5. The van der Waals surface area contributed by atoms with Crippen LogP contribution in [0.2, 0.25) is 0 Å². The van der Waals surface area contributed by atoms with Crippen LogP contribution in [0.25, 0.3) is 11.3 Å². The van der Waals surface area contributed by atoms with Gasteiger partial charge in [-0.05, 0) is 48.0 Å². The number of carbonyl (C=O) groups is 1. The Morgan fingerprint density at radius 3 is 2.42 bits per heavy atom. The fraction of sp³-hybridized carbons (Fsp3) is 0.0714. The quantitative estimate of drug-likeness (QED) is 0.320. The zero-order valence-electron chi connectivity index (χ0n) is 19.5. The van der Waals surface area contributed by atoms with Crippen molar-refractivity contribution in [2.75, 3.05) is 12.4 Å². The van der Waals surface area contributed by atoms with Gasteiger partial charge >= 0.3 is 6.01 Å². The first-order valence-corrected chi connectivity index (χ1v) is 11.3. The van der Waals surface area contributed by atoms with Crippen LogP contribution in [0.4, 0.5) is 5.69 Å². The number of rotatable bonds is 8. The van der Waals surface area contributed by atoms with E-state index in [1.165, 1.54) is 0 Å². The molecule has 8 nitrogen and oxygen atoms in total. The van der Waals surface area contributed by atoms with Gasteiger partial charge in [0.1, 0.15) is 17.2 Å². The number of ether oxygens (including phenoxy) is 2. The van der Waals surface area contributed by atoms with Crippen molar-refractivity contribution >= 4 is 11.6 Å². The van der Waals surface area contributed by atoms with Gasteiger partial charge in [0.25, 0.3) is 5.91 Å². The second-order valence-corrected chi connectivity index (χ2v) is 7.92. The molecule has 5 aromatic rings. The van der Waals surface area contributed by atoms with Gasteiger partial charge in [-0.15, -0.1) is 0 Å². The zero-order valence-corrected chi connectivity index (χ0v) is 19.5. The van der Waals surface area contributed by atoms with E-state index in [-0.39, 0.29) is 11.9 Å². The lowest BCUT2D eigenvalue weighted by Crippen LogP contribution is -2.12. The lowest BCUT2D eigenvalue weighted by Gasteiger charge is -2.08. The van der Waals surface area contributed by atoms with Crippen molar-refractivity contribution in [2.24, 2.45) is 0 Å². The molecule has 2 aromatic heterocycles. The van der Waals surface area contributed by atoms with E-state index in [1.807, 2.05) is 54.6 Å². The number of carbonyl (C=O) groups excluding carboxylic acids is 1. The molecule has 0 saturated heterocycles. The molecule has 1 N–H and O–H groups in total. The molecule has 0 aliphatic carbocycles. The van der Waals surface area contributed by atoms with Crippen LogP contribution in [-0.2, 0) is 6.54 Å². The summed E-state index contributed by atoms with van der Waals surface area (Å²) in [6, 6.07) is 26.5. The van der Waals surface area contributed by atoms with Gasteiger partial charge in [0.05, 0.1) is 19.2 Å². The smallest absolute Gasteiger partial charge is 0.321 e. The molecule has 0 atom stereocenters.